The molecule has 1 aromatic heterocycles. The van der Waals surface area contributed by atoms with E-state index in [2.05, 4.69) is 15.5 Å². The maximum atomic E-state index is 12.3. The summed E-state index contributed by atoms with van der Waals surface area (Å²) in [5.41, 5.74) is 5.28. The van der Waals surface area contributed by atoms with Crippen LogP contribution in [0.3, 0.4) is 0 Å². The highest BCUT2D eigenvalue weighted by Crippen LogP contribution is 2.26. The molecule has 0 saturated carbocycles. The summed E-state index contributed by atoms with van der Waals surface area (Å²) in [4.78, 5) is 16.9. The zero-order chi connectivity index (χ0) is 19.5. The molecule has 28 heavy (non-hydrogen) atoms. The predicted molar refractivity (Wildman–Crippen MR) is 111 cm³/mol. The zero-order valence-corrected chi connectivity index (χ0v) is 15.7. The van der Waals surface area contributed by atoms with Gasteiger partial charge in [0.05, 0.1) is 30.8 Å². The Morgan fingerprint density at radius 3 is 2.75 bits per heavy atom. The minimum absolute atomic E-state index is 0.148. The van der Waals surface area contributed by atoms with Crippen molar-refractivity contribution < 1.29 is 9.53 Å². The molecule has 0 aliphatic rings. The Morgan fingerprint density at radius 2 is 1.93 bits per heavy atom. The number of nitrogens with one attached hydrogen (secondary N) is 1. The first kappa shape index (κ1) is 17.7. The maximum Gasteiger partial charge on any atom is 0.247 e. The van der Waals surface area contributed by atoms with Crippen LogP contribution in [0.25, 0.3) is 21.8 Å². The highest BCUT2D eigenvalue weighted by molar-refractivity contribution is 6.02. The van der Waals surface area contributed by atoms with Crippen LogP contribution in [-0.2, 0) is 18.3 Å². The van der Waals surface area contributed by atoms with E-state index in [-0.39, 0.29) is 12.3 Å². The number of fused-ring (bicyclic) bond motifs is 2. The average molecular weight is 372 g/mol. The second-order valence-electron chi connectivity index (χ2n) is 6.45. The third-order valence-corrected chi connectivity index (χ3v) is 4.73. The van der Waals surface area contributed by atoms with Gasteiger partial charge in [-0.2, -0.15) is 5.10 Å². The first-order valence-electron chi connectivity index (χ1n) is 8.95. The Kier molecular flexibility index (Phi) is 4.76. The number of aryl methyl sites for hydroxylation is 1. The molecule has 1 N–H and O–H groups in total. The SMILES string of the molecule is COc1ccc2ccccc2c1/C=N/NC(=O)Cc1nc2ccccc2n1C. The largest absolute Gasteiger partial charge is 0.496 e. The molecule has 3 aromatic carbocycles. The molecule has 140 valence electrons. The number of imidazole rings is 1. The van der Waals surface area contributed by atoms with Gasteiger partial charge in [-0.25, -0.2) is 10.4 Å². The van der Waals surface area contributed by atoms with Gasteiger partial charge in [0, 0.05) is 12.6 Å². The summed E-state index contributed by atoms with van der Waals surface area (Å²) < 4.78 is 7.36. The number of amides is 1. The standard InChI is InChI=1S/C22H20N4O2/c1-26-19-10-6-5-9-18(19)24-21(26)13-22(27)25-23-14-17-16-8-4-3-7-15(16)11-12-20(17)28-2/h3-12,14H,13H2,1-2H3,(H,25,27)/b23-14+. The van der Waals surface area contributed by atoms with Crippen molar-refractivity contribution in [3.8, 4) is 5.75 Å². The van der Waals surface area contributed by atoms with E-state index in [1.54, 1.807) is 13.3 Å². The van der Waals surface area contributed by atoms with Crippen molar-refractivity contribution in [1.29, 1.82) is 0 Å². The van der Waals surface area contributed by atoms with Crippen LogP contribution in [0, 0.1) is 0 Å². The van der Waals surface area contributed by atoms with Crippen LogP contribution in [0.1, 0.15) is 11.4 Å². The summed E-state index contributed by atoms with van der Waals surface area (Å²) in [6.07, 6.45) is 1.77. The molecule has 0 radical (unpaired) electrons. The van der Waals surface area contributed by atoms with Crippen molar-refractivity contribution in [3.63, 3.8) is 0 Å². The number of rotatable bonds is 5. The summed E-state index contributed by atoms with van der Waals surface area (Å²) in [5, 5.41) is 6.23. The van der Waals surface area contributed by atoms with Gasteiger partial charge in [-0.15, -0.1) is 0 Å². The van der Waals surface area contributed by atoms with Gasteiger partial charge in [-0.05, 0) is 29.0 Å². The van der Waals surface area contributed by atoms with Crippen molar-refractivity contribution in [2.75, 3.05) is 7.11 Å². The topological polar surface area (TPSA) is 68.5 Å². The van der Waals surface area contributed by atoms with E-state index in [4.69, 9.17) is 4.74 Å². The molecule has 0 spiro atoms. The number of hydrogen-bond acceptors (Lipinski definition) is 4. The lowest BCUT2D eigenvalue weighted by Crippen LogP contribution is -2.21. The van der Waals surface area contributed by atoms with Crippen LogP contribution in [0.2, 0.25) is 0 Å². The first-order chi connectivity index (χ1) is 13.7. The van der Waals surface area contributed by atoms with Gasteiger partial charge in [0.1, 0.15) is 11.6 Å². The molecule has 0 saturated heterocycles. The maximum absolute atomic E-state index is 12.3. The van der Waals surface area contributed by atoms with E-state index in [9.17, 15) is 4.79 Å². The molecule has 0 unspecified atom stereocenters. The molecule has 4 aromatic rings. The Hall–Kier alpha value is -3.67. The lowest BCUT2D eigenvalue weighted by atomic mass is 10.0. The van der Waals surface area contributed by atoms with Gasteiger partial charge in [0.2, 0.25) is 5.91 Å². The Labute approximate surface area is 162 Å². The van der Waals surface area contributed by atoms with Gasteiger partial charge < -0.3 is 9.30 Å². The van der Waals surface area contributed by atoms with Crippen LogP contribution in [-0.4, -0.2) is 28.8 Å². The molecule has 6 heteroatoms. The number of ether oxygens (including phenoxy) is 1. The van der Waals surface area contributed by atoms with Gasteiger partial charge in [-0.3, -0.25) is 4.79 Å². The molecular weight excluding hydrogens is 352 g/mol. The Bertz CT molecular complexity index is 1190. The number of hydrazone groups is 1. The molecule has 1 heterocycles. The smallest absolute Gasteiger partial charge is 0.247 e. The molecule has 4 rings (SSSR count). The van der Waals surface area contributed by atoms with Crippen molar-refractivity contribution >= 4 is 33.9 Å². The lowest BCUT2D eigenvalue weighted by molar-refractivity contribution is -0.120. The number of nitrogens with zero attached hydrogens (tertiary/aromatic N) is 3. The van der Waals surface area contributed by atoms with Crippen LogP contribution in [0.4, 0.5) is 0 Å². The van der Waals surface area contributed by atoms with E-state index in [1.807, 2.05) is 72.3 Å². The quantitative estimate of drug-likeness (QED) is 0.431. The van der Waals surface area contributed by atoms with Crippen LogP contribution in [0.15, 0.2) is 65.8 Å². The minimum Gasteiger partial charge on any atom is -0.496 e. The van der Waals surface area contributed by atoms with Crippen molar-refractivity contribution in [3.05, 3.63) is 72.1 Å². The highest BCUT2D eigenvalue weighted by atomic mass is 16.5. The van der Waals surface area contributed by atoms with E-state index in [0.717, 1.165) is 27.4 Å². The third kappa shape index (κ3) is 3.32. The number of hydrogen-bond donors (Lipinski definition) is 1. The van der Waals surface area contributed by atoms with E-state index in [1.165, 1.54) is 0 Å². The van der Waals surface area contributed by atoms with Crippen molar-refractivity contribution in [1.82, 2.24) is 15.0 Å². The number of aromatic nitrogens is 2. The van der Waals surface area contributed by atoms with Crippen LogP contribution in [0.5, 0.6) is 5.75 Å². The van der Waals surface area contributed by atoms with Crippen molar-refractivity contribution in [2.45, 2.75) is 6.42 Å². The lowest BCUT2D eigenvalue weighted by Gasteiger charge is -2.08. The van der Waals surface area contributed by atoms with Crippen LogP contribution < -0.4 is 10.2 Å². The Morgan fingerprint density at radius 1 is 1.14 bits per heavy atom. The second-order valence-corrected chi connectivity index (χ2v) is 6.45. The summed E-state index contributed by atoms with van der Waals surface area (Å²) in [6, 6.07) is 19.7. The molecular formula is C22H20N4O2. The number of benzene rings is 3. The van der Waals surface area contributed by atoms with Crippen LogP contribution >= 0.6 is 0 Å². The predicted octanol–water partition coefficient (Wildman–Crippen LogP) is 3.43. The molecule has 0 aliphatic carbocycles. The minimum atomic E-state index is -0.228. The summed E-state index contributed by atoms with van der Waals surface area (Å²) in [6.45, 7) is 0. The van der Waals surface area contributed by atoms with E-state index in [0.29, 0.717) is 11.6 Å². The average Bonchev–Trinajstić information content (AvgIpc) is 3.03. The first-order valence-corrected chi connectivity index (χ1v) is 8.95. The Balaban J connectivity index is 1.52. The normalized spacial score (nSPS) is 11.4. The van der Waals surface area contributed by atoms with Gasteiger partial charge in [0.25, 0.3) is 0 Å². The highest BCUT2D eigenvalue weighted by Gasteiger charge is 2.11. The molecule has 0 atom stereocenters. The van der Waals surface area contributed by atoms with Gasteiger partial charge in [-0.1, -0.05) is 42.5 Å². The van der Waals surface area contributed by atoms with Gasteiger partial charge in [0.15, 0.2) is 0 Å². The number of carbonyl (C=O) groups is 1. The molecule has 0 aliphatic heterocycles. The molecule has 6 nitrogen and oxygen atoms in total. The fraction of sp³-hybridized carbons (Fsp3) is 0.136. The fourth-order valence-corrected chi connectivity index (χ4v) is 3.29. The number of carbonyl (C=O) groups excluding carboxylic acids is 1. The van der Waals surface area contributed by atoms with Crippen molar-refractivity contribution in [2.24, 2.45) is 12.1 Å². The summed E-state index contributed by atoms with van der Waals surface area (Å²) in [5.74, 6) is 1.16. The number of para-hydroxylation sites is 2. The van der Waals surface area contributed by atoms with Gasteiger partial charge >= 0.3 is 0 Å². The number of methoxy groups -OCH3 is 1. The van der Waals surface area contributed by atoms with E-state index < -0.39 is 0 Å². The fourth-order valence-electron chi connectivity index (χ4n) is 3.29. The molecule has 1 amide bonds. The van der Waals surface area contributed by atoms with E-state index >= 15 is 0 Å². The second kappa shape index (κ2) is 7.52. The summed E-state index contributed by atoms with van der Waals surface area (Å²) in [7, 11) is 3.52. The molecule has 0 bridgehead atoms. The summed E-state index contributed by atoms with van der Waals surface area (Å²) >= 11 is 0. The molecule has 0 fully saturated rings. The monoisotopic (exact) mass is 372 g/mol. The zero-order valence-electron chi connectivity index (χ0n) is 15.7. The third-order valence-electron chi connectivity index (χ3n) is 4.73.